The summed E-state index contributed by atoms with van der Waals surface area (Å²) in [6.07, 6.45) is 2.74. The molecule has 0 saturated heterocycles. The molecule has 2 aromatic rings. The number of rotatable bonds is 5. The van der Waals surface area contributed by atoms with Gasteiger partial charge in [0.2, 0.25) is 0 Å². The van der Waals surface area contributed by atoms with Crippen molar-refractivity contribution < 1.29 is 0 Å². The Kier molecular flexibility index (Phi) is 4.10. The quantitative estimate of drug-likeness (QED) is 0.848. The summed E-state index contributed by atoms with van der Waals surface area (Å²) in [5, 5.41) is 14.2. The Balaban J connectivity index is 2.24. The second-order valence-corrected chi connectivity index (χ2v) is 4.58. The van der Waals surface area contributed by atoms with Crippen molar-refractivity contribution in [2.75, 3.05) is 6.54 Å². The molecule has 0 amide bonds. The Labute approximate surface area is 108 Å². The zero-order valence-corrected chi connectivity index (χ0v) is 11.2. The number of hydrogen-bond donors (Lipinski definition) is 2. The lowest BCUT2D eigenvalue weighted by molar-refractivity contribution is 0.533. The number of benzene rings is 1. The van der Waals surface area contributed by atoms with E-state index in [1.165, 1.54) is 16.7 Å². The van der Waals surface area contributed by atoms with Crippen LogP contribution in [0.25, 0.3) is 0 Å². The lowest BCUT2D eigenvalue weighted by Crippen LogP contribution is -2.24. The van der Waals surface area contributed by atoms with Crippen molar-refractivity contribution in [1.29, 1.82) is 0 Å². The van der Waals surface area contributed by atoms with E-state index in [4.69, 9.17) is 0 Å². The van der Waals surface area contributed by atoms with E-state index in [1.807, 2.05) is 0 Å². The number of likely N-dealkylation sites (N-methyl/N-ethyl adjacent to an activating group) is 1. The van der Waals surface area contributed by atoms with Crippen LogP contribution in [0.15, 0.2) is 24.4 Å². The maximum Gasteiger partial charge on any atom is 0.0997 e. The lowest BCUT2D eigenvalue weighted by Gasteiger charge is -2.18. The molecule has 0 aliphatic heterocycles. The summed E-state index contributed by atoms with van der Waals surface area (Å²) in [7, 11) is 0. The molecule has 18 heavy (non-hydrogen) atoms. The minimum Gasteiger partial charge on any atom is -0.309 e. The Morgan fingerprint density at radius 1 is 1.28 bits per heavy atom. The normalized spacial score (nSPS) is 12.6. The molecule has 4 heteroatoms. The van der Waals surface area contributed by atoms with Crippen molar-refractivity contribution in [2.24, 2.45) is 0 Å². The molecule has 1 atom stereocenters. The van der Waals surface area contributed by atoms with Gasteiger partial charge in [-0.3, -0.25) is 0 Å². The predicted octanol–water partition coefficient (Wildman–Crippen LogP) is 2.31. The van der Waals surface area contributed by atoms with E-state index in [2.05, 4.69) is 59.7 Å². The summed E-state index contributed by atoms with van der Waals surface area (Å²) in [4.78, 5) is 0. The highest BCUT2D eigenvalue weighted by molar-refractivity contribution is 5.34. The largest absolute Gasteiger partial charge is 0.309 e. The van der Waals surface area contributed by atoms with Gasteiger partial charge in [-0.25, -0.2) is 0 Å². The number of aryl methyl sites for hydroxylation is 2. The zero-order chi connectivity index (χ0) is 13.0. The van der Waals surface area contributed by atoms with E-state index in [0.717, 1.165) is 18.7 Å². The fraction of sp³-hybridized carbons (Fsp3) is 0.429. The first-order valence-corrected chi connectivity index (χ1v) is 6.36. The van der Waals surface area contributed by atoms with Gasteiger partial charge >= 0.3 is 0 Å². The highest BCUT2D eigenvalue weighted by Gasteiger charge is 2.15. The molecular formula is C14H20N4. The molecular weight excluding hydrogens is 224 g/mol. The van der Waals surface area contributed by atoms with Crippen LogP contribution in [0.5, 0.6) is 0 Å². The third kappa shape index (κ3) is 2.76. The second kappa shape index (κ2) is 5.78. The van der Waals surface area contributed by atoms with Crippen LogP contribution >= 0.6 is 0 Å². The molecule has 0 aliphatic rings. The molecule has 1 aromatic carbocycles. The molecule has 0 radical (unpaired) electrons. The highest BCUT2D eigenvalue weighted by Crippen LogP contribution is 2.21. The molecule has 0 bridgehead atoms. The third-order valence-corrected chi connectivity index (χ3v) is 3.29. The Hall–Kier alpha value is -1.68. The molecule has 1 unspecified atom stereocenters. The van der Waals surface area contributed by atoms with Crippen LogP contribution in [-0.2, 0) is 6.42 Å². The number of H-pyrrole nitrogens is 1. The minimum atomic E-state index is 0.216. The fourth-order valence-corrected chi connectivity index (χ4v) is 2.28. The van der Waals surface area contributed by atoms with E-state index >= 15 is 0 Å². The molecule has 0 spiro atoms. The number of aromatic amines is 1. The molecule has 96 valence electrons. The van der Waals surface area contributed by atoms with Gasteiger partial charge in [-0.1, -0.05) is 25.1 Å². The first-order valence-electron chi connectivity index (χ1n) is 6.36. The van der Waals surface area contributed by atoms with E-state index in [9.17, 15) is 0 Å². The number of hydrogen-bond acceptors (Lipinski definition) is 3. The van der Waals surface area contributed by atoms with Crippen LogP contribution in [0.3, 0.4) is 0 Å². The van der Waals surface area contributed by atoms with E-state index in [0.29, 0.717) is 0 Å². The standard InChI is InChI=1S/C14H20N4/c1-4-15-13(14-9-16-18-17-14)8-12-10(2)6-5-7-11(12)3/h5-7,9,13,15H,4,8H2,1-3H3,(H,16,17,18). The molecule has 4 nitrogen and oxygen atoms in total. The molecule has 0 saturated carbocycles. The monoisotopic (exact) mass is 244 g/mol. The smallest absolute Gasteiger partial charge is 0.0997 e. The van der Waals surface area contributed by atoms with Crippen LogP contribution in [0.2, 0.25) is 0 Å². The number of nitrogens with zero attached hydrogens (tertiary/aromatic N) is 2. The fourth-order valence-electron chi connectivity index (χ4n) is 2.28. The van der Waals surface area contributed by atoms with E-state index < -0.39 is 0 Å². The van der Waals surface area contributed by atoms with E-state index in [-0.39, 0.29) is 6.04 Å². The summed E-state index contributed by atoms with van der Waals surface area (Å²) in [6, 6.07) is 6.64. The van der Waals surface area contributed by atoms with Gasteiger partial charge in [-0.05, 0) is 43.5 Å². The zero-order valence-electron chi connectivity index (χ0n) is 11.2. The van der Waals surface area contributed by atoms with Gasteiger partial charge in [-0.15, -0.1) is 0 Å². The minimum absolute atomic E-state index is 0.216. The van der Waals surface area contributed by atoms with Crippen molar-refractivity contribution in [3.05, 3.63) is 46.8 Å². The van der Waals surface area contributed by atoms with Gasteiger partial charge < -0.3 is 5.32 Å². The lowest BCUT2D eigenvalue weighted by atomic mass is 9.95. The summed E-state index contributed by atoms with van der Waals surface area (Å²) in [5.41, 5.74) is 5.04. The molecule has 0 fully saturated rings. The maximum absolute atomic E-state index is 4.19. The topological polar surface area (TPSA) is 53.6 Å². The molecule has 1 heterocycles. The Morgan fingerprint density at radius 3 is 2.56 bits per heavy atom. The predicted molar refractivity (Wildman–Crippen MR) is 72.4 cm³/mol. The molecule has 2 N–H and O–H groups in total. The van der Waals surface area contributed by atoms with Crippen LogP contribution in [-0.4, -0.2) is 22.0 Å². The summed E-state index contributed by atoms with van der Waals surface area (Å²) in [6.45, 7) is 7.35. The Morgan fingerprint density at radius 2 is 2.00 bits per heavy atom. The molecule has 2 rings (SSSR count). The third-order valence-electron chi connectivity index (χ3n) is 3.29. The SMILES string of the molecule is CCNC(Cc1c(C)cccc1C)c1cn[nH]n1. The molecule has 0 aliphatic carbocycles. The average molecular weight is 244 g/mol. The van der Waals surface area contributed by atoms with Crippen molar-refractivity contribution in [3.8, 4) is 0 Å². The number of aromatic nitrogens is 3. The van der Waals surface area contributed by atoms with Gasteiger partial charge in [0.05, 0.1) is 17.9 Å². The van der Waals surface area contributed by atoms with Crippen molar-refractivity contribution in [1.82, 2.24) is 20.7 Å². The van der Waals surface area contributed by atoms with Gasteiger partial charge in [0.1, 0.15) is 0 Å². The summed E-state index contributed by atoms with van der Waals surface area (Å²) < 4.78 is 0. The van der Waals surface area contributed by atoms with Gasteiger partial charge in [-0.2, -0.15) is 15.4 Å². The van der Waals surface area contributed by atoms with Gasteiger partial charge in [0, 0.05) is 0 Å². The first kappa shape index (κ1) is 12.8. The second-order valence-electron chi connectivity index (χ2n) is 4.58. The van der Waals surface area contributed by atoms with Gasteiger partial charge in [0.25, 0.3) is 0 Å². The maximum atomic E-state index is 4.19. The van der Waals surface area contributed by atoms with E-state index in [1.54, 1.807) is 6.20 Å². The van der Waals surface area contributed by atoms with Gasteiger partial charge in [0.15, 0.2) is 0 Å². The van der Waals surface area contributed by atoms with Crippen LogP contribution in [0.1, 0.15) is 35.3 Å². The number of nitrogens with one attached hydrogen (secondary N) is 2. The van der Waals surface area contributed by atoms with Crippen LogP contribution in [0.4, 0.5) is 0 Å². The van der Waals surface area contributed by atoms with Crippen LogP contribution in [0, 0.1) is 13.8 Å². The summed E-state index contributed by atoms with van der Waals surface area (Å²) in [5.74, 6) is 0. The van der Waals surface area contributed by atoms with Crippen LogP contribution < -0.4 is 5.32 Å². The van der Waals surface area contributed by atoms with Crippen molar-refractivity contribution in [2.45, 2.75) is 33.2 Å². The van der Waals surface area contributed by atoms with Crippen molar-refractivity contribution in [3.63, 3.8) is 0 Å². The van der Waals surface area contributed by atoms with Crippen molar-refractivity contribution >= 4 is 0 Å². The molecule has 1 aromatic heterocycles. The Bertz CT molecular complexity index is 470. The average Bonchev–Trinajstić information content (AvgIpc) is 2.86. The first-order chi connectivity index (χ1) is 8.72. The summed E-state index contributed by atoms with van der Waals surface area (Å²) >= 11 is 0. The highest BCUT2D eigenvalue weighted by atomic mass is 15.3.